The molecule has 186 valence electrons. The van der Waals surface area contributed by atoms with Gasteiger partial charge in [0.25, 0.3) is 0 Å². The lowest BCUT2D eigenvalue weighted by Gasteiger charge is -2.28. The lowest BCUT2D eigenvalue weighted by molar-refractivity contribution is 1.22. The number of anilines is 3. The number of H-pyrrole nitrogens is 2. The average Bonchev–Trinajstić information content (AvgIpc) is 3.45. The Morgan fingerprint density at radius 2 is 0.947 bits per heavy atom. The summed E-state index contributed by atoms with van der Waals surface area (Å²) < 4.78 is 0. The summed E-state index contributed by atoms with van der Waals surface area (Å²) in [6.07, 6.45) is 0. The Bertz CT molecular complexity index is 1820. The van der Waals surface area contributed by atoms with E-state index in [1.54, 1.807) is 0 Å². The second-order valence-electron chi connectivity index (χ2n) is 10.0. The molecule has 3 nitrogen and oxygen atoms in total. The van der Waals surface area contributed by atoms with Crippen molar-refractivity contribution in [2.24, 2.45) is 0 Å². The summed E-state index contributed by atoms with van der Waals surface area (Å²) >= 11 is 0. The summed E-state index contributed by atoms with van der Waals surface area (Å²) in [6.45, 7) is 15.1. The minimum absolute atomic E-state index is 0.891. The van der Waals surface area contributed by atoms with Crippen LogP contribution in [0.25, 0.3) is 46.4 Å². The van der Waals surface area contributed by atoms with Gasteiger partial charge in [-0.25, -0.2) is 0 Å². The van der Waals surface area contributed by atoms with E-state index in [1.165, 1.54) is 28.1 Å². The van der Waals surface area contributed by atoms with Crippen molar-refractivity contribution in [1.82, 2.24) is 9.97 Å². The van der Waals surface area contributed by atoms with Gasteiger partial charge in [0.05, 0.1) is 11.4 Å². The summed E-state index contributed by atoms with van der Waals surface area (Å²) in [7, 11) is 0. The summed E-state index contributed by atoms with van der Waals surface area (Å²) in [6, 6.07) is 34.4. The highest BCUT2D eigenvalue weighted by atomic mass is 15.1. The van der Waals surface area contributed by atoms with Crippen LogP contribution in [0.15, 0.2) is 97.1 Å². The second-order valence-corrected chi connectivity index (χ2v) is 10.0. The van der Waals surface area contributed by atoms with Crippen LogP contribution in [0.4, 0.5) is 17.1 Å². The molecule has 0 saturated carbocycles. The smallest absolute Gasteiger partial charge is 0.0560 e. The van der Waals surface area contributed by atoms with Crippen molar-refractivity contribution >= 4 is 41.0 Å². The summed E-state index contributed by atoms with van der Waals surface area (Å²) in [5.74, 6) is 0. The molecule has 0 aliphatic heterocycles. The third-order valence-corrected chi connectivity index (χ3v) is 7.37. The maximum Gasteiger partial charge on any atom is 0.0560 e. The van der Waals surface area contributed by atoms with E-state index in [2.05, 4.69) is 146 Å². The number of nitrogens with one attached hydrogen (secondary N) is 2. The van der Waals surface area contributed by atoms with Gasteiger partial charge in [-0.3, -0.25) is 0 Å². The number of hydrogen-bond acceptors (Lipinski definition) is 1. The second kappa shape index (κ2) is 9.28. The van der Waals surface area contributed by atoms with Crippen LogP contribution in [0.5, 0.6) is 0 Å². The van der Waals surface area contributed by atoms with Crippen molar-refractivity contribution in [3.63, 3.8) is 0 Å². The van der Waals surface area contributed by atoms with Crippen molar-refractivity contribution in [3.8, 4) is 22.5 Å². The molecule has 2 N–H and O–H groups in total. The number of aromatic nitrogens is 2. The van der Waals surface area contributed by atoms with Gasteiger partial charge in [0.1, 0.15) is 0 Å². The lowest BCUT2D eigenvalue weighted by atomic mass is 10.0. The molecular formula is C35H31N3. The molecule has 0 amide bonds. The zero-order valence-electron chi connectivity index (χ0n) is 22.1. The Morgan fingerprint density at radius 3 is 1.39 bits per heavy atom. The maximum atomic E-state index is 4.34. The van der Waals surface area contributed by atoms with Crippen LogP contribution >= 0.6 is 0 Å². The number of benzene rings is 4. The van der Waals surface area contributed by atoms with Crippen LogP contribution < -0.4 is 15.6 Å². The van der Waals surface area contributed by atoms with Gasteiger partial charge < -0.3 is 14.9 Å². The van der Waals surface area contributed by atoms with Crippen molar-refractivity contribution < 1.29 is 0 Å². The minimum Gasteiger partial charge on any atom is -0.354 e. The fourth-order valence-corrected chi connectivity index (χ4v) is 5.37. The van der Waals surface area contributed by atoms with Gasteiger partial charge in [0, 0.05) is 38.5 Å². The van der Waals surface area contributed by atoms with E-state index < -0.39 is 0 Å². The van der Waals surface area contributed by atoms with Crippen molar-refractivity contribution in [2.45, 2.75) is 20.8 Å². The molecule has 6 rings (SSSR count). The first kappa shape index (κ1) is 23.6. The van der Waals surface area contributed by atoms with Gasteiger partial charge in [0.15, 0.2) is 0 Å². The molecule has 0 unspecified atom stereocenters. The highest BCUT2D eigenvalue weighted by Crippen LogP contribution is 2.39. The Balaban J connectivity index is 1.47. The van der Waals surface area contributed by atoms with Gasteiger partial charge in [-0.2, -0.15) is 0 Å². The molecule has 0 aliphatic carbocycles. The van der Waals surface area contributed by atoms with Gasteiger partial charge >= 0.3 is 0 Å². The van der Waals surface area contributed by atoms with Gasteiger partial charge in [-0.05, 0) is 67.3 Å². The molecule has 2 heterocycles. The third-order valence-electron chi connectivity index (χ3n) is 7.37. The molecule has 6 aromatic rings. The number of rotatable bonds is 5. The van der Waals surface area contributed by atoms with E-state index in [0.717, 1.165) is 49.7 Å². The van der Waals surface area contributed by atoms with Crippen molar-refractivity contribution in [2.75, 3.05) is 4.90 Å². The number of aryl methyl sites for hydroxylation is 3. The summed E-state index contributed by atoms with van der Waals surface area (Å²) in [4.78, 5) is 9.42. The van der Waals surface area contributed by atoms with E-state index in [1.807, 2.05) is 0 Å². The first-order valence-corrected chi connectivity index (χ1v) is 12.9. The van der Waals surface area contributed by atoms with E-state index in [9.17, 15) is 0 Å². The average molecular weight is 494 g/mol. The normalized spacial score (nSPS) is 11.2. The quantitative estimate of drug-likeness (QED) is 0.250. The number of hydrogen-bond donors (Lipinski definition) is 2. The predicted octanol–water partition coefficient (Wildman–Crippen LogP) is 8.05. The molecule has 0 radical (unpaired) electrons. The molecule has 4 aromatic carbocycles. The van der Waals surface area contributed by atoms with Crippen molar-refractivity contribution in [3.05, 3.63) is 124 Å². The monoisotopic (exact) mass is 493 g/mol. The topological polar surface area (TPSA) is 34.8 Å². The summed E-state index contributed by atoms with van der Waals surface area (Å²) in [5.41, 5.74) is 11.5. The molecule has 0 aliphatic rings. The standard InChI is InChI=1S/C35H31N3/c1-22-14-16-27(17-15-22)34-32-25(4)37-35(33(32)26(5)36-34)28-18-20-29(21-19-28)38(30-12-8-6-10-23(30)2)31-13-9-7-11-24(31)3/h6-21,36-37H,4-5H2,1-3H3. The molecular weight excluding hydrogens is 462 g/mol. The highest BCUT2D eigenvalue weighted by Gasteiger charge is 2.18. The molecule has 2 aromatic heterocycles. The number of fused-ring (bicyclic) bond motifs is 1. The Labute approximate surface area is 223 Å². The molecule has 0 fully saturated rings. The SMILES string of the molecule is C=c1[nH]c(-c2ccc(N(c3ccccc3C)c3ccccc3C)cc2)c2c(=C)[nH]c(-c3ccc(C)cc3)c12. The number of para-hydroxylation sites is 2. The van der Waals surface area contributed by atoms with Gasteiger partial charge in [-0.15, -0.1) is 0 Å². The largest absolute Gasteiger partial charge is 0.354 e. The maximum absolute atomic E-state index is 4.34. The molecule has 0 spiro atoms. The van der Waals surface area contributed by atoms with E-state index >= 15 is 0 Å². The first-order valence-electron chi connectivity index (χ1n) is 12.9. The minimum atomic E-state index is 0.891. The number of aromatic amines is 2. The van der Waals surface area contributed by atoms with Crippen LogP contribution in [-0.2, 0) is 0 Å². The fourth-order valence-electron chi connectivity index (χ4n) is 5.37. The van der Waals surface area contributed by atoms with Crippen LogP contribution in [0, 0.1) is 20.8 Å². The van der Waals surface area contributed by atoms with Crippen LogP contribution in [0.3, 0.4) is 0 Å². The Morgan fingerprint density at radius 1 is 0.526 bits per heavy atom. The lowest BCUT2D eigenvalue weighted by Crippen LogP contribution is -2.12. The van der Waals surface area contributed by atoms with Crippen LogP contribution in [0.1, 0.15) is 16.7 Å². The number of nitrogens with zero attached hydrogens (tertiary/aromatic N) is 1. The van der Waals surface area contributed by atoms with Gasteiger partial charge in [-0.1, -0.05) is 91.5 Å². The molecule has 0 atom stereocenters. The Kier molecular flexibility index (Phi) is 5.77. The fraction of sp³-hybridized carbons (Fsp3) is 0.0857. The highest BCUT2D eigenvalue weighted by molar-refractivity contribution is 6.04. The van der Waals surface area contributed by atoms with E-state index in [0.29, 0.717) is 0 Å². The molecule has 38 heavy (non-hydrogen) atoms. The zero-order valence-corrected chi connectivity index (χ0v) is 22.1. The zero-order chi connectivity index (χ0) is 26.4. The molecule has 0 bridgehead atoms. The first-order chi connectivity index (χ1) is 18.4. The van der Waals surface area contributed by atoms with Gasteiger partial charge in [0.2, 0.25) is 0 Å². The van der Waals surface area contributed by atoms with Crippen molar-refractivity contribution in [1.29, 1.82) is 0 Å². The molecule has 3 heteroatoms. The third kappa shape index (κ3) is 3.93. The van der Waals surface area contributed by atoms with Crippen LogP contribution in [0.2, 0.25) is 0 Å². The predicted molar refractivity (Wildman–Crippen MR) is 163 cm³/mol. The van der Waals surface area contributed by atoms with Crippen LogP contribution in [-0.4, -0.2) is 9.97 Å². The Hall–Kier alpha value is -4.76. The summed E-state index contributed by atoms with van der Waals surface area (Å²) in [5, 5.41) is 3.97. The van der Waals surface area contributed by atoms with E-state index in [4.69, 9.17) is 0 Å². The molecule has 0 saturated heterocycles. The van der Waals surface area contributed by atoms with E-state index in [-0.39, 0.29) is 0 Å².